The first-order valence-electron chi connectivity index (χ1n) is 6.10. The highest BCUT2D eigenvalue weighted by Gasteiger charge is 2.22. The quantitative estimate of drug-likeness (QED) is 0.721. The Morgan fingerprint density at radius 1 is 1.48 bits per heavy atom. The first-order valence-corrected chi connectivity index (χ1v) is 7.58. The summed E-state index contributed by atoms with van der Waals surface area (Å²) in [6.45, 7) is 2.97. The molecule has 0 spiro atoms. The van der Waals surface area contributed by atoms with Gasteiger partial charge in [0.25, 0.3) is 0 Å². The molecule has 1 aromatic heterocycles. The summed E-state index contributed by atoms with van der Waals surface area (Å²) in [7, 11) is -3.85. The molecule has 1 unspecified atom stereocenters. The SMILES string of the molecule is Cc1cc(S(=O)(=O)NC(C)c2nn[nH]n2)cc(CN)c1F. The molecule has 0 saturated heterocycles. The van der Waals surface area contributed by atoms with Gasteiger partial charge in [-0.1, -0.05) is 5.21 Å². The van der Waals surface area contributed by atoms with E-state index in [1.165, 1.54) is 19.1 Å². The van der Waals surface area contributed by atoms with Crippen molar-refractivity contribution in [2.75, 3.05) is 0 Å². The molecule has 0 aliphatic heterocycles. The number of nitrogens with two attached hydrogens (primary N) is 1. The van der Waals surface area contributed by atoms with Crippen LogP contribution in [-0.2, 0) is 16.6 Å². The van der Waals surface area contributed by atoms with Crippen LogP contribution in [0.5, 0.6) is 0 Å². The summed E-state index contributed by atoms with van der Waals surface area (Å²) in [6, 6.07) is 1.79. The molecule has 114 valence electrons. The number of tetrazole rings is 1. The average molecular weight is 314 g/mol. The van der Waals surface area contributed by atoms with E-state index in [4.69, 9.17) is 5.73 Å². The van der Waals surface area contributed by atoms with E-state index in [0.717, 1.165) is 0 Å². The lowest BCUT2D eigenvalue weighted by Crippen LogP contribution is -2.28. The van der Waals surface area contributed by atoms with Gasteiger partial charge in [-0.05, 0) is 31.5 Å². The molecule has 2 rings (SSSR count). The molecule has 0 amide bonds. The van der Waals surface area contributed by atoms with Gasteiger partial charge in [-0.2, -0.15) is 5.21 Å². The third kappa shape index (κ3) is 3.23. The Hall–Kier alpha value is -1.91. The number of halogens is 1. The molecule has 2 aromatic rings. The van der Waals surface area contributed by atoms with Gasteiger partial charge in [0.15, 0.2) is 5.82 Å². The third-order valence-corrected chi connectivity index (χ3v) is 4.43. The minimum Gasteiger partial charge on any atom is -0.326 e. The van der Waals surface area contributed by atoms with Crippen LogP contribution in [0.3, 0.4) is 0 Å². The Bertz CT molecular complexity index is 731. The topological polar surface area (TPSA) is 127 Å². The zero-order chi connectivity index (χ0) is 15.6. The molecule has 1 aromatic carbocycles. The Balaban J connectivity index is 2.34. The van der Waals surface area contributed by atoms with E-state index in [9.17, 15) is 12.8 Å². The van der Waals surface area contributed by atoms with Gasteiger partial charge in [0.2, 0.25) is 10.0 Å². The Morgan fingerprint density at radius 3 is 2.76 bits per heavy atom. The molecular weight excluding hydrogens is 299 g/mol. The van der Waals surface area contributed by atoms with Crippen LogP contribution in [0.2, 0.25) is 0 Å². The van der Waals surface area contributed by atoms with Crippen molar-refractivity contribution >= 4 is 10.0 Å². The number of nitrogens with zero attached hydrogens (tertiary/aromatic N) is 3. The molecule has 0 bridgehead atoms. The second-order valence-electron chi connectivity index (χ2n) is 4.53. The number of hydrogen-bond donors (Lipinski definition) is 3. The van der Waals surface area contributed by atoms with Crippen molar-refractivity contribution in [2.24, 2.45) is 5.73 Å². The fourth-order valence-corrected chi connectivity index (χ4v) is 3.15. The molecular formula is C11H15FN6O2S. The lowest BCUT2D eigenvalue weighted by Gasteiger charge is -2.13. The minimum atomic E-state index is -3.85. The lowest BCUT2D eigenvalue weighted by atomic mass is 10.1. The summed E-state index contributed by atoms with van der Waals surface area (Å²) in [6.07, 6.45) is 0. The summed E-state index contributed by atoms with van der Waals surface area (Å²) in [5.74, 6) is -0.292. The zero-order valence-electron chi connectivity index (χ0n) is 11.5. The first kappa shape index (κ1) is 15.5. The standard InChI is InChI=1S/C11H15FN6O2S/c1-6-3-9(4-8(5-13)10(6)12)21(19,20)16-7(2)11-14-17-18-15-11/h3-4,7,16H,5,13H2,1-2H3,(H,14,15,17,18). The molecule has 0 fully saturated rings. The molecule has 21 heavy (non-hydrogen) atoms. The lowest BCUT2D eigenvalue weighted by molar-refractivity contribution is 0.558. The molecule has 0 saturated carbocycles. The van der Waals surface area contributed by atoms with Crippen molar-refractivity contribution in [3.63, 3.8) is 0 Å². The Morgan fingerprint density at radius 2 is 2.19 bits per heavy atom. The maximum atomic E-state index is 13.7. The van der Waals surface area contributed by atoms with Crippen LogP contribution in [0.4, 0.5) is 4.39 Å². The highest BCUT2D eigenvalue weighted by atomic mass is 32.2. The largest absolute Gasteiger partial charge is 0.326 e. The smallest absolute Gasteiger partial charge is 0.241 e. The maximum Gasteiger partial charge on any atom is 0.241 e. The van der Waals surface area contributed by atoms with Crippen LogP contribution in [0.25, 0.3) is 0 Å². The van der Waals surface area contributed by atoms with Gasteiger partial charge >= 0.3 is 0 Å². The van der Waals surface area contributed by atoms with E-state index < -0.39 is 21.9 Å². The summed E-state index contributed by atoms with van der Waals surface area (Å²) in [5, 5.41) is 13.0. The van der Waals surface area contributed by atoms with Gasteiger partial charge in [0, 0.05) is 12.1 Å². The van der Waals surface area contributed by atoms with Gasteiger partial charge in [-0.25, -0.2) is 17.5 Å². The fraction of sp³-hybridized carbons (Fsp3) is 0.364. The van der Waals surface area contributed by atoms with Crippen LogP contribution < -0.4 is 10.5 Å². The van der Waals surface area contributed by atoms with Crippen molar-refractivity contribution in [1.29, 1.82) is 0 Å². The van der Waals surface area contributed by atoms with Crippen molar-refractivity contribution in [2.45, 2.75) is 31.3 Å². The van der Waals surface area contributed by atoms with E-state index in [1.807, 2.05) is 0 Å². The summed E-state index contributed by atoms with van der Waals surface area (Å²) in [4.78, 5) is -0.0582. The molecule has 4 N–H and O–H groups in total. The van der Waals surface area contributed by atoms with E-state index in [-0.39, 0.29) is 28.4 Å². The molecule has 1 heterocycles. The van der Waals surface area contributed by atoms with Crippen molar-refractivity contribution < 1.29 is 12.8 Å². The summed E-state index contributed by atoms with van der Waals surface area (Å²) >= 11 is 0. The highest BCUT2D eigenvalue weighted by molar-refractivity contribution is 7.89. The van der Waals surface area contributed by atoms with E-state index in [2.05, 4.69) is 25.3 Å². The van der Waals surface area contributed by atoms with Crippen LogP contribution in [0, 0.1) is 12.7 Å². The van der Waals surface area contributed by atoms with Crippen LogP contribution in [0.1, 0.15) is 29.9 Å². The second-order valence-corrected chi connectivity index (χ2v) is 6.24. The number of H-pyrrole nitrogens is 1. The normalized spacial score (nSPS) is 13.3. The van der Waals surface area contributed by atoms with Gasteiger partial charge in [0.1, 0.15) is 5.82 Å². The van der Waals surface area contributed by atoms with Gasteiger partial charge in [0.05, 0.1) is 10.9 Å². The number of rotatable bonds is 5. The minimum absolute atomic E-state index is 0.0582. The molecule has 0 aliphatic rings. The second kappa shape index (κ2) is 5.84. The molecule has 0 radical (unpaired) electrons. The third-order valence-electron chi connectivity index (χ3n) is 2.91. The number of benzene rings is 1. The van der Waals surface area contributed by atoms with E-state index in [1.54, 1.807) is 6.92 Å². The van der Waals surface area contributed by atoms with Crippen molar-refractivity contribution in [3.05, 3.63) is 34.9 Å². The summed E-state index contributed by atoms with van der Waals surface area (Å²) < 4.78 is 40.7. The Kier molecular flexibility index (Phi) is 4.30. The fourth-order valence-electron chi connectivity index (χ4n) is 1.82. The number of aromatic nitrogens is 4. The van der Waals surface area contributed by atoms with Gasteiger partial charge in [-0.15, -0.1) is 10.2 Å². The number of aromatic amines is 1. The van der Waals surface area contributed by atoms with Crippen LogP contribution in [-0.4, -0.2) is 29.0 Å². The van der Waals surface area contributed by atoms with Gasteiger partial charge < -0.3 is 5.73 Å². The van der Waals surface area contributed by atoms with Gasteiger partial charge in [-0.3, -0.25) is 0 Å². The van der Waals surface area contributed by atoms with Crippen molar-refractivity contribution in [1.82, 2.24) is 25.3 Å². The molecule has 8 nitrogen and oxygen atoms in total. The molecule has 1 atom stereocenters. The monoisotopic (exact) mass is 314 g/mol. The number of sulfonamides is 1. The highest BCUT2D eigenvalue weighted by Crippen LogP contribution is 2.20. The maximum absolute atomic E-state index is 13.7. The van der Waals surface area contributed by atoms with E-state index in [0.29, 0.717) is 0 Å². The van der Waals surface area contributed by atoms with Crippen molar-refractivity contribution in [3.8, 4) is 0 Å². The molecule has 10 heteroatoms. The van der Waals surface area contributed by atoms with Crippen LogP contribution >= 0.6 is 0 Å². The predicted octanol–water partition coefficient (Wildman–Crippen LogP) is 0.145. The average Bonchev–Trinajstić information content (AvgIpc) is 2.95. The Labute approximate surface area is 121 Å². The number of hydrogen-bond acceptors (Lipinski definition) is 6. The van der Waals surface area contributed by atoms with Crippen LogP contribution in [0.15, 0.2) is 17.0 Å². The number of aryl methyl sites for hydroxylation is 1. The number of nitrogens with one attached hydrogen (secondary N) is 2. The van der Waals surface area contributed by atoms with E-state index >= 15 is 0 Å². The molecule has 0 aliphatic carbocycles. The zero-order valence-corrected chi connectivity index (χ0v) is 12.3. The first-order chi connectivity index (χ1) is 9.85. The predicted molar refractivity (Wildman–Crippen MR) is 71.9 cm³/mol. The summed E-state index contributed by atoms with van der Waals surface area (Å²) in [5.41, 5.74) is 5.78.